The molecule has 0 spiro atoms. The van der Waals surface area contributed by atoms with E-state index in [1.807, 2.05) is 0 Å². The molecule has 0 aliphatic heterocycles. The van der Waals surface area contributed by atoms with Crippen molar-refractivity contribution in [2.75, 3.05) is 13.2 Å². The van der Waals surface area contributed by atoms with Gasteiger partial charge in [0.15, 0.2) is 0 Å². The molecule has 0 aromatic heterocycles. The van der Waals surface area contributed by atoms with Gasteiger partial charge < -0.3 is 41.5 Å². The van der Waals surface area contributed by atoms with Crippen LogP contribution < -0.4 is 5.73 Å². The number of aliphatic hydroxyl groups is 7. The second kappa shape index (κ2) is 8.49. The maximum atomic E-state index is 10.9. The average molecular weight is 392 g/mol. The molecular formula is C12H26NO11S+. The molecule has 0 bridgehead atoms. The van der Waals surface area contributed by atoms with Crippen LogP contribution in [-0.2, 0) is 14.6 Å². The Bertz CT molecular complexity index is 531. The molecule has 0 saturated heterocycles. The van der Waals surface area contributed by atoms with Crippen molar-refractivity contribution < 1.29 is 58.6 Å². The summed E-state index contributed by atoms with van der Waals surface area (Å²) in [6.45, 7) is -1.56. The zero-order valence-electron chi connectivity index (χ0n) is 13.3. The van der Waals surface area contributed by atoms with Gasteiger partial charge in [0.25, 0.3) is 0 Å². The van der Waals surface area contributed by atoms with Gasteiger partial charge in [-0.2, -0.15) is 8.42 Å². The lowest BCUT2D eigenvalue weighted by molar-refractivity contribution is -0.496. The molecular weight excluding hydrogens is 366 g/mol. The fraction of sp³-hybridized carbons (Fsp3) is 1.00. The first-order chi connectivity index (χ1) is 11.4. The third-order valence-corrected chi connectivity index (χ3v) is 5.02. The molecule has 0 aromatic carbocycles. The third kappa shape index (κ3) is 5.51. The van der Waals surface area contributed by atoms with Gasteiger partial charge in [-0.3, -0.25) is 4.55 Å². The van der Waals surface area contributed by atoms with Crippen molar-refractivity contribution in [3.63, 3.8) is 0 Å². The molecule has 0 radical (unpaired) electrons. The summed E-state index contributed by atoms with van der Waals surface area (Å²) in [5.41, 5.74) is 2.46. The van der Waals surface area contributed by atoms with E-state index in [-0.39, 0.29) is 6.42 Å². The first kappa shape index (κ1) is 22.6. The molecule has 0 amide bonds. The van der Waals surface area contributed by atoms with E-state index in [2.05, 4.69) is 9.92 Å². The molecule has 0 heterocycles. The van der Waals surface area contributed by atoms with Gasteiger partial charge in [-0.1, -0.05) is 0 Å². The second-order valence-electron chi connectivity index (χ2n) is 6.41. The first-order valence-electron chi connectivity index (χ1n) is 7.49. The van der Waals surface area contributed by atoms with Gasteiger partial charge in [-0.15, -0.1) is 0 Å². The first-order valence-corrected chi connectivity index (χ1v) is 8.86. The molecule has 1 aliphatic carbocycles. The molecule has 1 unspecified atom stereocenters. The van der Waals surface area contributed by atoms with Crippen molar-refractivity contribution in [2.45, 2.75) is 55.0 Å². The number of quaternary nitrogens is 1. The third-order valence-electron chi connectivity index (χ3n) is 4.55. The Balaban J connectivity index is 3.03. The maximum absolute atomic E-state index is 10.9. The number of aliphatic hydroxyl groups excluding tert-OH is 7. The molecule has 1 fully saturated rings. The Kier molecular flexibility index (Phi) is 7.67. The Hall–Kier alpha value is -0.450. The molecule has 150 valence electrons. The van der Waals surface area contributed by atoms with Crippen molar-refractivity contribution in [3.05, 3.63) is 0 Å². The van der Waals surface area contributed by atoms with E-state index in [9.17, 15) is 39.1 Å². The molecule has 13 heteroatoms. The predicted octanol–water partition coefficient (Wildman–Crippen LogP) is -5.65. The SMILES string of the molecule is [NH3+]C1(C[C@@H](O)[C@H](OS(=O)(=O)O)[C@H](O)[C@@H](O)CO)C[C@@H](O)[C@H](O)[C@H]1CO. The van der Waals surface area contributed by atoms with Gasteiger partial charge in [0.1, 0.15) is 23.9 Å². The molecule has 1 rings (SSSR count). The Labute approximate surface area is 144 Å². The Morgan fingerprint density at radius 1 is 1.16 bits per heavy atom. The van der Waals surface area contributed by atoms with Crippen molar-refractivity contribution in [1.82, 2.24) is 0 Å². The molecule has 1 saturated carbocycles. The highest BCUT2D eigenvalue weighted by Gasteiger charge is 2.55. The minimum Gasteiger partial charge on any atom is -0.396 e. The highest BCUT2D eigenvalue weighted by Crippen LogP contribution is 2.37. The number of hydrogen-bond acceptors (Lipinski definition) is 10. The van der Waals surface area contributed by atoms with Crippen molar-refractivity contribution in [1.29, 1.82) is 0 Å². The van der Waals surface area contributed by atoms with Gasteiger partial charge >= 0.3 is 10.4 Å². The fourth-order valence-corrected chi connectivity index (χ4v) is 3.73. The van der Waals surface area contributed by atoms with Crippen LogP contribution >= 0.6 is 0 Å². The average Bonchev–Trinajstić information content (AvgIpc) is 2.71. The number of rotatable bonds is 9. The van der Waals surface area contributed by atoms with E-state index in [0.717, 1.165) is 0 Å². The zero-order chi connectivity index (χ0) is 19.6. The van der Waals surface area contributed by atoms with Crippen molar-refractivity contribution >= 4 is 10.4 Å². The summed E-state index contributed by atoms with van der Waals surface area (Å²) in [4.78, 5) is 0. The molecule has 12 nitrogen and oxygen atoms in total. The number of hydrogen-bond donors (Lipinski definition) is 9. The van der Waals surface area contributed by atoms with Gasteiger partial charge in [-0.25, -0.2) is 4.18 Å². The van der Waals surface area contributed by atoms with Crippen molar-refractivity contribution in [3.8, 4) is 0 Å². The normalized spacial score (nSPS) is 35.3. The van der Waals surface area contributed by atoms with Crippen LogP contribution in [0, 0.1) is 5.92 Å². The summed E-state index contributed by atoms with van der Waals surface area (Å²) in [7, 11) is -5.13. The summed E-state index contributed by atoms with van der Waals surface area (Å²) in [5.74, 6) is -0.955. The summed E-state index contributed by atoms with van der Waals surface area (Å²) in [6.07, 6.45) is -11.0. The maximum Gasteiger partial charge on any atom is 0.397 e. The summed E-state index contributed by atoms with van der Waals surface area (Å²) >= 11 is 0. The van der Waals surface area contributed by atoms with Crippen LogP contribution in [0.4, 0.5) is 0 Å². The Morgan fingerprint density at radius 3 is 2.16 bits per heavy atom. The lowest BCUT2D eigenvalue weighted by Gasteiger charge is -2.34. The van der Waals surface area contributed by atoms with Gasteiger partial charge in [0.2, 0.25) is 0 Å². The minimum absolute atomic E-state index is 0.145. The van der Waals surface area contributed by atoms with Gasteiger partial charge in [0, 0.05) is 12.8 Å². The fourth-order valence-electron chi connectivity index (χ4n) is 3.20. The summed E-state index contributed by atoms with van der Waals surface area (Å²) < 4.78 is 34.9. The van der Waals surface area contributed by atoms with Crippen molar-refractivity contribution in [2.24, 2.45) is 5.92 Å². The largest absolute Gasteiger partial charge is 0.397 e. The topological polar surface area (TPSA) is 233 Å². The van der Waals surface area contributed by atoms with E-state index >= 15 is 0 Å². The van der Waals surface area contributed by atoms with Crippen LogP contribution in [0.5, 0.6) is 0 Å². The lowest BCUT2D eigenvalue weighted by Crippen LogP contribution is -2.77. The molecule has 11 N–H and O–H groups in total. The van der Waals surface area contributed by atoms with Crippen LogP contribution in [-0.4, -0.2) is 104 Å². The van der Waals surface area contributed by atoms with Crippen LogP contribution in [0.3, 0.4) is 0 Å². The Morgan fingerprint density at radius 2 is 1.72 bits per heavy atom. The lowest BCUT2D eigenvalue weighted by atomic mass is 9.81. The van der Waals surface area contributed by atoms with E-state index in [1.54, 1.807) is 0 Å². The highest BCUT2D eigenvalue weighted by atomic mass is 32.3. The van der Waals surface area contributed by atoms with E-state index in [0.29, 0.717) is 0 Å². The monoisotopic (exact) mass is 392 g/mol. The van der Waals surface area contributed by atoms with Crippen LogP contribution in [0.2, 0.25) is 0 Å². The predicted molar refractivity (Wildman–Crippen MR) is 79.0 cm³/mol. The molecule has 8 atom stereocenters. The van der Waals surface area contributed by atoms with Gasteiger partial charge in [0.05, 0.1) is 37.4 Å². The minimum atomic E-state index is -5.13. The highest BCUT2D eigenvalue weighted by molar-refractivity contribution is 7.80. The van der Waals surface area contributed by atoms with E-state index in [1.165, 1.54) is 0 Å². The second-order valence-corrected chi connectivity index (χ2v) is 7.46. The quantitative estimate of drug-likeness (QED) is 0.168. The van der Waals surface area contributed by atoms with Gasteiger partial charge in [-0.05, 0) is 0 Å². The zero-order valence-corrected chi connectivity index (χ0v) is 14.1. The molecule has 25 heavy (non-hydrogen) atoms. The molecule has 1 aliphatic rings. The standard InChI is InChI=1S/C12H25NO11S/c13-12(1-6(16)9(19)5(12)3-14)2-7(17)11(24-25(21,22)23)10(20)8(18)4-15/h5-11,14-20H,1-4,13H2,(H,21,22,23)/p+1/t5-,6-,7-,8+,9-,10-,11+,12?/m1/s1. The smallest absolute Gasteiger partial charge is 0.396 e. The van der Waals surface area contributed by atoms with Crippen LogP contribution in [0.15, 0.2) is 0 Å². The summed E-state index contributed by atoms with van der Waals surface area (Å²) in [5, 5.41) is 67.4. The van der Waals surface area contributed by atoms with E-state index in [4.69, 9.17) is 9.66 Å². The van der Waals surface area contributed by atoms with Crippen LogP contribution in [0.25, 0.3) is 0 Å². The van der Waals surface area contributed by atoms with E-state index < -0.39 is 78.1 Å². The molecule has 0 aromatic rings. The summed E-state index contributed by atoms with van der Waals surface area (Å²) in [6, 6.07) is 0. The van der Waals surface area contributed by atoms with Crippen LogP contribution in [0.1, 0.15) is 12.8 Å².